The van der Waals surface area contributed by atoms with E-state index in [1.807, 2.05) is 6.07 Å². The van der Waals surface area contributed by atoms with Gasteiger partial charge in [-0.1, -0.05) is 12.8 Å². The van der Waals surface area contributed by atoms with Crippen molar-refractivity contribution in [2.45, 2.75) is 69.5 Å². The maximum Gasteiger partial charge on any atom is 0.237 e. The quantitative estimate of drug-likeness (QED) is 0.879. The lowest BCUT2D eigenvalue weighted by atomic mass is 9.85. The van der Waals surface area contributed by atoms with Crippen LogP contribution in [-0.2, 0) is 11.2 Å². The number of rotatable bonds is 2. The average molecular weight is 288 g/mol. The van der Waals surface area contributed by atoms with Crippen molar-refractivity contribution in [1.82, 2.24) is 10.6 Å². The minimum atomic E-state index is 0.00961. The van der Waals surface area contributed by atoms with Crippen molar-refractivity contribution in [3.05, 3.63) is 23.7 Å². The van der Waals surface area contributed by atoms with Crippen molar-refractivity contribution >= 4 is 5.91 Å². The second-order valence-electron chi connectivity index (χ2n) is 6.86. The lowest BCUT2D eigenvalue weighted by Crippen LogP contribution is -2.44. The smallest absolute Gasteiger partial charge is 0.237 e. The highest BCUT2D eigenvalue weighted by Gasteiger charge is 2.39. The summed E-state index contributed by atoms with van der Waals surface area (Å²) in [5, 5.41) is 6.82. The Kier molecular flexibility index (Phi) is 3.49. The number of amides is 1. The van der Waals surface area contributed by atoms with E-state index >= 15 is 0 Å². The van der Waals surface area contributed by atoms with Crippen LogP contribution in [0.3, 0.4) is 0 Å². The number of aryl methyl sites for hydroxylation is 1. The third-order valence-corrected chi connectivity index (χ3v) is 5.55. The second-order valence-corrected chi connectivity index (χ2v) is 6.86. The normalized spacial score (nSPS) is 35.0. The van der Waals surface area contributed by atoms with Crippen molar-refractivity contribution in [1.29, 1.82) is 0 Å². The van der Waals surface area contributed by atoms with E-state index in [1.54, 1.807) is 6.26 Å². The number of carbonyl (C=O) groups excluding carboxylic acids is 1. The molecular formula is C17H24N2O2. The fourth-order valence-electron chi connectivity index (χ4n) is 4.43. The lowest BCUT2D eigenvalue weighted by molar-refractivity contribution is -0.123. The van der Waals surface area contributed by atoms with Gasteiger partial charge in [-0.05, 0) is 44.1 Å². The largest absolute Gasteiger partial charge is 0.469 e. The molecule has 0 bridgehead atoms. The van der Waals surface area contributed by atoms with Crippen LogP contribution in [0.2, 0.25) is 0 Å². The maximum absolute atomic E-state index is 12.6. The predicted molar refractivity (Wildman–Crippen MR) is 79.8 cm³/mol. The molecule has 2 N–H and O–H groups in total. The van der Waals surface area contributed by atoms with E-state index in [2.05, 4.69) is 10.6 Å². The van der Waals surface area contributed by atoms with Gasteiger partial charge in [0.1, 0.15) is 5.76 Å². The topological polar surface area (TPSA) is 54.3 Å². The summed E-state index contributed by atoms with van der Waals surface area (Å²) in [6, 6.07) is 2.74. The molecule has 2 fully saturated rings. The van der Waals surface area contributed by atoms with Crippen LogP contribution in [0.1, 0.15) is 62.3 Å². The number of nitrogens with one attached hydrogen (secondary N) is 2. The van der Waals surface area contributed by atoms with Crippen LogP contribution in [0, 0.1) is 5.92 Å². The Morgan fingerprint density at radius 2 is 2.14 bits per heavy atom. The van der Waals surface area contributed by atoms with E-state index in [0.717, 1.165) is 31.4 Å². The Morgan fingerprint density at radius 3 is 3.05 bits per heavy atom. The van der Waals surface area contributed by atoms with Crippen molar-refractivity contribution < 1.29 is 9.21 Å². The van der Waals surface area contributed by atoms with Crippen LogP contribution in [0.25, 0.3) is 0 Å². The molecule has 1 aliphatic heterocycles. The Balaban J connectivity index is 1.41. The molecule has 1 saturated heterocycles. The summed E-state index contributed by atoms with van der Waals surface area (Å²) < 4.78 is 5.50. The first-order valence-electron chi connectivity index (χ1n) is 8.44. The lowest BCUT2D eigenvalue weighted by Gasteiger charge is -2.25. The highest BCUT2D eigenvalue weighted by Crippen LogP contribution is 2.34. The van der Waals surface area contributed by atoms with E-state index in [1.165, 1.54) is 31.2 Å². The summed E-state index contributed by atoms with van der Waals surface area (Å²) in [5.41, 5.74) is 1.19. The Bertz CT molecular complexity index is 511. The van der Waals surface area contributed by atoms with Crippen LogP contribution >= 0.6 is 0 Å². The van der Waals surface area contributed by atoms with Crippen molar-refractivity contribution in [3.63, 3.8) is 0 Å². The molecule has 2 heterocycles. The zero-order valence-corrected chi connectivity index (χ0v) is 12.4. The summed E-state index contributed by atoms with van der Waals surface area (Å²) in [5.74, 6) is 1.95. The minimum absolute atomic E-state index is 0.00961. The molecule has 1 aromatic heterocycles. The zero-order valence-electron chi connectivity index (χ0n) is 12.4. The first-order valence-corrected chi connectivity index (χ1v) is 8.44. The van der Waals surface area contributed by atoms with E-state index in [9.17, 15) is 4.79 Å². The van der Waals surface area contributed by atoms with Gasteiger partial charge in [-0.25, -0.2) is 0 Å². The van der Waals surface area contributed by atoms with Gasteiger partial charge in [0.05, 0.1) is 18.3 Å². The van der Waals surface area contributed by atoms with Crippen molar-refractivity contribution in [3.8, 4) is 0 Å². The van der Waals surface area contributed by atoms with Crippen LogP contribution < -0.4 is 10.6 Å². The molecule has 21 heavy (non-hydrogen) atoms. The van der Waals surface area contributed by atoms with Crippen molar-refractivity contribution in [2.24, 2.45) is 5.92 Å². The van der Waals surface area contributed by atoms with Gasteiger partial charge in [0, 0.05) is 18.0 Å². The molecule has 4 unspecified atom stereocenters. The molecule has 4 rings (SSSR count). The van der Waals surface area contributed by atoms with Gasteiger partial charge < -0.3 is 15.1 Å². The fourth-order valence-corrected chi connectivity index (χ4v) is 4.43. The Morgan fingerprint density at radius 1 is 1.24 bits per heavy atom. The third kappa shape index (κ3) is 2.50. The number of carbonyl (C=O) groups is 1. The van der Waals surface area contributed by atoms with Gasteiger partial charge in [-0.3, -0.25) is 4.79 Å². The molecule has 2 aliphatic carbocycles. The highest BCUT2D eigenvalue weighted by atomic mass is 16.3. The molecule has 1 saturated carbocycles. The van der Waals surface area contributed by atoms with Gasteiger partial charge in [0.15, 0.2) is 0 Å². The molecule has 4 heteroatoms. The van der Waals surface area contributed by atoms with Gasteiger partial charge in [-0.2, -0.15) is 0 Å². The van der Waals surface area contributed by atoms with Crippen LogP contribution in [0.5, 0.6) is 0 Å². The molecule has 114 valence electrons. The first-order chi connectivity index (χ1) is 10.3. The second kappa shape index (κ2) is 5.48. The summed E-state index contributed by atoms with van der Waals surface area (Å²) in [6.45, 7) is 0. The summed E-state index contributed by atoms with van der Waals surface area (Å²) >= 11 is 0. The van der Waals surface area contributed by atoms with E-state index in [-0.39, 0.29) is 18.0 Å². The van der Waals surface area contributed by atoms with Gasteiger partial charge >= 0.3 is 0 Å². The Labute approximate surface area is 125 Å². The molecule has 4 atom stereocenters. The summed E-state index contributed by atoms with van der Waals surface area (Å²) in [4.78, 5) is 12.6. The molecule has 4 nitrogen and oxygen atoms in total. The van der Waals surface area contributed by atoms with Crippen LogP contribution in [-0.4, -0.2) is 18.0 Å². The standard InChI is InChI=1S/C17H24N2O2/c20-17(15-10-11-4-1-2-5-13(11)18-15)19-14-6-3-7-16-12(14)8-9-21-16/h8-9,11,13-15,18H,1-7,10H2,(H,19,20). The van der Waals surface area contributed by atoms with E-state index in [0.29, 0.717) is 12.0 Å². The SMILES string of the molecule is O=C(NC1CCCc2occc21)C1CC2CCCCC2N1. The molecule has 1 amide bonds. The third-order valence-electron chi connectivity index (χ3n) is 5.55. The van der Waals surface area contributed by atoms with Gasteiger partial charge in [-0.15, -0.1) is 0 Å². The number of fused-ring (bicyclic) bond motifs is 2. The molecule has 0 radical (unpaired) electrons. The van der Waals surface area contributed by atoms with Crippen LogP contribution in [0.15, 0.2) is 16.7 Å². The maximum atomic E-state index is 12.6. The minimum Gasteiger partial charge on any atom is -0.469 e. The van der Waals surface area contributed by atoms with Crippen molar-refractivity contribution in [2.75, 3.05) is 0 Å². The highest BCUT2D eigenvalue weighted by molar-refractivity contribution is 5.82. The van der Waals surface area contributed by atoms with Crippen LogP contribution in [0.4, 0.5) is 0 Å². The van der Waals surface area contributed by atoms with E-state index < -0.39 is 0 Å². The summed E-state index contributed by atoms with van der Waals surface area (Å²) in [6.07, 6.45) is 11.0. The molecule has 0 aromatic carbocycles. The number of hydrogen-bond donors (Lipinski definition) is 2. The Hall–Kier alpha value is -1.29. The predicted octanol–water partition coefficient (Wildman–Crippen LogP) is 2.69. The zero-order chi connectivity index (χ0) is 14.2. The first kappa shape index (κ1) is 13.4. The average Bonchev–Trinajstić information content (AvgIpc) is 3.14. The molecule has 0 spiro atoms. The molecule has 1 aromatic rings. The monoisotopic (exact) mass is 288 g/mol. The number of hydrogen-bond acceptors (Lipinski definition) is 3. The van der Waals surface area contributed by atoms with Gasteiger partial charge in [0.25, 0.3) is 0 Å². The number of furan rings is 1. The van der Waals surface area contributed by atoms with Gasteiger partial charge in [0.2, 0.25) is 5.91 Å². The molecule has 3 aliphatic rings. The fraction of sp³-hybridized carbons (Fsp3) is 0.706. The van der Waals surface area contributed by atoms with E-state index in [4.69, 9.17) is 4.42 Å². The molecular weight excluding hydrogens is 264 g/mol. The summed E-state index contributed by atoms with van der Waals surface area (Å²) in [7, 11) is 0.